The number of esters is 2. The van der Waals surface area contributed by atoms with Crippen LogP contribution in [0.25, 0.3) is 0 Å². The summed E-state index contributed by atoms with van der Waals surface area (Å²) in [5, 5.41) is 0. The highest BCUT2D eigenvalue weighted by Gasteiger charge is 2.22. The quantitative estimate of drug-likeness (QED) is 0.0195. The maximum absolute atomic E-state index is 12.9. The molecule has 0 spiro atoms. The van der Waals surface area contributed by atoms with Crippen molar-refractivity contribution < 1.29 is 42.1 Å². The zero-order chi connectivity index (χ0) is 71.1. The molecule has 0 aromatic carbocycles. The number of nitrogens with zero attached hydrogens (tertiary/aromatic N) is 1. The summed E-state index contributed by atoms with van der Waals surface area (Å²) in [4.78, 5) is 38.2. The van der Waals surface area contributed by atoms with Crippen molar-refractivity contribution in [2.45, 2.75) is 495 Å². The Morgan fingerprint density at radius 1 is 0.306 bits per heavy atom. The molecule has 0 radical (unpaired) electrons. The first kappa shape index (κ1) is 96.8. The van der Waals surface area contributed by atoms with E-state index in [2.05, 4.69) is 26.0 Å². The molecule has 10 heteroatoms. The van der Waals surface area contributed by atoms with Gasteiger partial charge in [-0.3, -0.25) is 14.2 Å². The molecule has 98 heavy (non-hydrogen) atoms. The molecule has 0 saturated carbocycles. The molecular weight excluding hydrogens is 1230 g/mol. The summed E-state index contributed by atoms with van der Waals surface area (Å²) in [7, 11) is 1.20. The van der Waals surface area contributed by atoms with Gasteiger partial charge in [0, 0.05) is 12.8 Å². The van der Waals surface area contributed by atoms with E-state index >= 15 is 0 Å². The molecule has 0 aliphatic rings. The first-order valence-corrected chi connectivity index (χ1v) is 45.9. The number of allylic oxidation sites excluding steroid dienone is 2. The Kier molecular flexibility index (Phi) is 78.8. The summed E-state index contributed by atoms with van der Waals surface area (Å²) in [6.07, 6.45) is 102. The van der Waals surface area contributed by atoms with Crippen molar-refractivity contribution in [2.24, 2.45) is 0 Å². The van der Waals surface area contributed by atoms with Crippen LogP contribution in [0.5, 0.6) is 0 Å². The largest absolute Gasteiger partial charge is 0.756 e. The molecule has 584 valence electrons. The number of carbonyl (C=O) groups is 2. The van der Waals surface area contributed by atoms with Gasteiger partial charge in [0.2, 0.25) is 0 Å². The second-order valence-electron chi connectivity index (χ2n) is 32.0. The van der Waals surface area contributed by atoms with Crippen LogP contribution in [0.2, 0.25) is 0 Å². The van der Waals surface area contributed by atoms with Crippen molar-refractivity contribution in [1.82, 2.24) is 0 Å². The Hall–Kier alpha value is -1.25. The van der Waals surface area contributed by atoms with E-state index in [-0.39, 0.29) is 32.0 Å². The molecule has 0 aromatic heterocycles. The van der Waals surface area contributed by atoms with E-state index < -0.39 is 26.5 Å². The highest BCUT2D eigenvalue weighted by atomic mass is 31.2. The van der Waals surface area contributed by atoms with Gasteiger partial charge in [0.1, 0.15) is 19.8 Å². The minimum atomic E-state index is -4.64. The number of unbranched alkanes of at least 4 members (excludes halogenated alkanes) is 69. The summed E-state index contributed by atoms with van der Waals surface area (Å²) >= 11 is 0. The molecule has 0 saturated heterocycles. The van der Waals surface area contributed by atoms with Gasteiger partial charge in [-0.25, -0.2) is 0 Å². The van der Waals surface area contributed by atoms with E-state index in [9.17, 15) is 19.0 Å². The van der Waals surface area contributed by atoms with Crippen molar-refractivity contribution in [2.75, 3.05) is 47.5 Å². The zero-order valence-electron chi connectivity index (χ0n) is 67.0. The Labute approximate surface area is 613 Å². The van der Waals surface area contributed by atoms with E-state index in [1.807, 2.05) is 21.1 Å². The Morgan fingerprint density at radius 3 is 0.755 bits per heavy atom. The number of quaternary nitrogens is 1. The van der Waals surface area contributed by atoms with Crippen molar-refractivity contribution in [1.29, 1.82) is 0 Å². The number of ether oxygens (including phenoxy) is 2. The smallest absolute Gasteiger partial charge is 0.306 e. The van der Waals surface area contributed by atoms with Crippen molar-refractivity contribution in [3.8, 4) is 0 Å². The van der Waals surface area contributed by atoms with Crippen LogP contribution in [0.4, 0.5) is 0 Å². The van der Waals surface area contributed by atoms with Crippen LogP contribution in [-0.2, 0) is 32.7 Å². The molecule has 0 fully saturated rings. The van der Waals surface area contributed by atoms with Gasteiger partial charge in [0.05, 0.1) is 27.7 Å². The third-order valence-electron chi connectivity index (χ3n) is 20.8. The molecule has 0 rings (SSSR count). The minimum Gasteiger partial charge on any atom is -0.756 e. The molecular formula is C88H174NO8P. The van der Waals surface area contributed by atoms with Crippen LogP contribution in [0.3, 0.4) is 0 Å². The third-order valence-corrected chi connectivity index (χ3v) is 21.7. The van der Waals surface area contributed by atoms with E-state index in [0.29, 0.717) is 17.4 Å². The van der Waals surface area contributed by atoms with Crippen molar-refractivity contribution in [3.05, 3.63) is 12.2 Å². The highest BCUT2D eigenvalue weighted by Crippen LogP contribution is 2.38. The number of hydrogen-bond donors (Lipinski definition) is 0. The van der Waals surface area contributed by atoms with Crippen LogP contribution in [0.15, 0.2) is 12.2 Å². The van der Waals surface area contributed by atoms with E-state index in [1.165, 1.54) is 424 Å². The fourth-order valence-electron chi connectivity index (χ4n) is 14.0. The number of hydrogen-bond acceptors (Lipinski definition) is 8. The monoisotopic (exact) mass is 1400 g/mol. The van der Waals surface area contributed by atoms with Gasteiger partial charge in [-0.1, -0.05) is 450 Å². The Bertz CT molecular complexity index is 1650. The van der Waals surface area contributed by atoms with Crippen LogP contribution < -0.4 is 4.89 Å². The average molecular weight is 1410 g/mol. The molecule has 9 nitrogen and oxygen atoms in total. The van der Waals surface area contributed by atoms with E-state index in [1.54, 1.807) is 0 Å². The second-order valence-corrected chi connectivity index (χ2v) is 33.4. The van der Waals surface area contributed by atoms with Crippen molar-refractivity contribution >= 4 is 19.8 Å². The molecule has 0 aromatic rings. The number of likely N-dealkylation sites (N-methyl/N-ethyl adjacent to an activating group) is 1. The second kappa shape index (κ2) is 79.9. The summed E-state index contributed by atoms with van der Waals surface area (Å²) in [5.74, 6) is -0.800. The van der Waals surface area contributed by atoms with Crippen LogP contribution >= 0.6 is 7.82 Å². The topological polar surface area (TPSA) is 111 Å². The Morgan fingerprint density at radius 2 is 0.520 bits per heavy atom. The number of phosphoric acid groups is 1. The molecule has 0 bridgehead atoms. The van der Waals surface area contributed by atoms with Gasteiger partial charge >= 0.3 is 11.9 Å². The van der Waals surface area contributed by atoms with Gasteiger partial charge in [0.25, 0.3) is 7.82 Å². The maximum atomic E-state index is 12.9. The first-order valence-electron chi connectivity index (χ1n) is 44.4. The number of rotatable bonds is 85. The SMILES string of the molecule is CCCCCCCCCC/C=C\CCCCCCCCCCCCCCCCCCCCCCCCCCCCCC(=O)OC(COC(=O)CCCCCCCCCCCCCCCCCCCCCCCCCCCCCCCCCCCCC)COP(=O)([O-])OCC[N+](C)(C)C. The molecule has 2 unspecified atom stereocenters. The lowest BCUT2D eigenvalue weighted by Gasteiger charge is -2.28. The van der Waals surface area contributed by atoms with Gasteiger partial charge in [-0.2, -0.15) is 0 Å². The molecule has 0 amide bonds. The minimum absolute atomic E-state index is 0.0252. The molecule has 0 N–H and O–H groups in total. The molecule has 2 atom stereocenters. The summed E-state index contributed by atoms with van der Waals surface area (Å²) in [6, 6.07) is 0. The fraction of sp³-hybridized carbons (Fsp3) is 0.955. The van der Waals surface area contributed by atoms with Crippen molar-refractivity contribution in [3.63, 3.8) is 0 Å². The lowest BCUT2D eigenvalue weighted by molar-refractivity contribution is -0.870. The first-order chi connectivity index (χ1) is 48.0. The molecule has 0 aliphatic heterocycles. The Balaban J connectivity index is 3.83. The average Bonchev–Trinajstić information content (AvgIpc) is 1.23. The van der Waals surface area contributed by atoms with E-state index in [0.717, 1.165) is 32.1 Å². The predicted octanol–water partition coefficient (Wildman–Crippen LogP) is 29.1. The standard InChI is InChI=1S/C88H174NO8P/c1-6-8-10-12-14-16-18-20-22-24-26-28-30-32-34-36-38-40-42-43-44-45-47-49-51-53-55-57-59-61-63-65-67-69-71-73-75-77-79-81-88(91)97-86(85-96-98(92,93)95-83-82-89(3,4)5)84-94-87(90)80-78-76-74-72-70-68-66-64-62-60-58-56-54-52-50-48-46-41-39-37-35-33-31-29-27-25-23-21-19-17-15-13-11-9-7-2/h24,26,86H,6-23,25,27-85H2,1-5H3/b26-24-. The van der Waals surface area contributed by atoms with Gasteiger partial charge in [-0.15, -0.1) is 0 Å². The third kappa shape index (κ3) is 83.7. The predicted molar refractivity (Wildman–Crippen MR) is 425 cm³/mol. The fourth-order valence-corrected chi connectivity index (χ4v) is 14.7. The summed E-state index contributed by atoms with van der Waals surface area (Å²) in [6.45, 7) is 4.35. The zero-order valence-corrected chi connectivity index (χ0v) is 67.9. The van der Waals surface area contributed by atoms with E-state index in [4.69, 9.17) is 18.5 Å². The number of carbonyl (C=O) groups excluding carboxylic acids is 2. The van der Waals surface area contributed by atoms with Crippen LogP contribution in [0, 0.1) is 0 Å². The summed E-state index contributed by atoms with van der Waals surface area (Å²) in [5.41, 5.74) is 0. The normalized spacial score (nSPS) is 12.9. The highest BCUT2D eigenvalue weighted by molar-refractivity contribution is 7.45. The van der Waals surface area contributed by atoms with Gasteiger partial charge in [0.15, 0.2) is 6.10 Å². The lowest BCUT2D eigenvalue weighted by atomic mass is 10.0. The lowest BCUT2D eigenvalue weighted by Crippen LogP contribution is -2.37. The van der Waals surface area contributed by atoms with Gasteiger partial charge in [-0.05, 0) is 38.5 Å². The van der Waals surface area contributed by atoms with Gasteiger partial charge < -0.3 is 27.9 Å². The van der Waals surface area contributed by atoms with Crippen LogP contribution in [-0.4, -0.2) is 70.0 Å². The number of phosphoric ester groups is 1. The maximum Gasteiger partial charge on any atom is 0.306 e. The molecule has 0 heterocycles. The summed E-state index contributed by atoms with van der Waals surface area (Å²) < 4.78 is 34.5. The molecule has 0 aliphatic carbocycles. The van der Waals surface area contributed by atoms with Crippen LogP contribution in [0.1, 0.15) is 489 Å².